The topological polar surface area (TPSA) is 35.5 Å². The SMILES string of the molecule is COCCc1ccc(Oc2cc(C=O)ccc2C)cc1. The molecule has 104 valence electrons. The van der Waals surface area contributed by atoms with E-state index in [9.17, 15) is 4.79 Å². The number of aryl methyl sites for hydroxylation is 1. The number of methoxy groups -OCH3 is 1. The maximum atomic E-state index is 10.8. The van der Waals surface area contributed by atoms with E-state index in [1.165, 1.54) is 5.56 Å². The lowest BCUT2D eigenvalue weighted by Gasteiger charge is -2.10. The van der Waals surface area contributed by atoms with Gasteiger partial charge in [0.15, 0.2) is 0 Å². The van der Waals surface area contributed by atoms with Crippen LogP contribution in [0, 0.1) is 6.92 Å². The average Bonchev–Trinajstić information content (AvgIpc) is 2.49. The molecular weight excluding hydrogens is 252 g/mol. The molecule has 0 bridgehead atoms. The third-order valence-electron chi connectivity index (χ3n) is 3.09. The molecule has 0 N–H and O–H groups in total. The molecule has 0 saturated heterocycles. The van der Waals surface area contributed by atoms with Crippen LogP contribution in [0.1, 0.15) is 21.5 Å². The smallest absolute Gasteiger partial charge is 0.150 e. The Balaban J connectivity index is 2.11. The van der Waals surface area contributed by atoms with Crippen molar-refractivity contribution >= 4 is 6.29 Å². The Morgan fingerprint density at radius 3 is 2.50 bits per heavy atom. The standard InChI is InChI=1S/C17H18O3/c1-13-3-4-15(12-18)11-17(13)20-16-7-5-14(6-8-16)9-10-19-2/h3-8,11-12H,9-10H2,1-2H3. The summed E-state index contributed by atoms with van der Waals surface area (Å²) in [5.74, 6) is 1.47. The molecule has 0 fully saturated rings. The van der Waals surface area contributed by atoms with Crippen LogP contribution in [0.5, 0.6) is 11.5 Å². The van der Waals surface area contributed by atoms with Crippen LogP contribution in [0.3, 0.4) is 0 Å². The highest BCUT2D eigenvalue weighted by molar-refractivity contribution is 5.75. The van der Waals surface area contributed by atoms with Gasteiger partial charge < -0.3 is 9.47 Å². The largest absolute Gasteiger partial charge is 0.457 e. The Labute approximate surface area is 119 Å². The third-order valence-corrected chi connectivity index (χ3v) is 3.09. The van der Waals surface area contributed by atoms with Gasteiger partial charge in [-0.3, -0.25) is 4.79 Å². The van der Waals surface area contributed by atoms with Gasteiger partial charge >= 0.3 is 0 Å². The maximum Gasteiger partial charge on any atom is 0.150 e. The Hall–Kier alpha value is -2.13. The summed E-state index contributed by atoms with van der Waals surface area (Å²) in [5.41, 5.74) is 2.82. The van der Waals surface area contributed by atoms with Crippen LogP contribution < -0.4 is 4.74 Å². The van der Waals surface area contributed by atoms with Crippen LogP contribution in [-0.4, -0.2) is 20.0 Å². The summed E-state index contributed by atoms with van der Waals surface area (Å²) >= 11 is 0. The quantitative estimate of drug-likeness (QED) is 0.749. The molecule has 0 unspecified atom stereocenters. The lowest BCUT2D eigenvalue weighted by molar-refractivity contribution is 0.112. The number of carbonyl (C=O) groups is 1. The van der Waals surface area contributed by atoms with Crippen LogP contribution in [0.25, 0.3) is 0 Å². The lowest BCUT2D eigenvalue weighted by Crippen LogP contribution is -1.94. The molecule has 0 aliphatic rings. The van der Waals surface area contributed by atoms with E-state index < -0.39 is 0 Å². The van der Waals surface area contributed by atoms with Gasteiger partial charge in [0.2, 0.25) is 0 Å². The van der Waals surface area contributed by atoms with Crippen LogP contribution in [0.15, 0.2) is 42.5 Å². The Morgan fingerprint density at radius 2 is 1.85 bits per heavy atom. The molecule has 0 aromatic heterocycles. The number of aldehydes is 1. The van der Waals surface area contributed by atoms with Gasteiger partial charge in [0, 0.05) is 12.7 Å². The molecule has 2 aromatic carbocycles. The zero-order valence-electron chi connectivity index (χ0n) is 11.8. The van der Waals surface area contributed by atoms with Crippen molar-refractivity contribution in [3.05, 3.63) is 59.2 Å². The van der Waals surface area contributed by atoms with E-state index in [0.717, 1.165) is 24.0 Å². The summed E-state index contributed by atoms with van der Waals surface area (Å²) in [5, 5.41) is 0. The Bertz CT molecular complexity index is 573. The first-order valence-corrected chi connectivity index (χ1v) is 6.54. The molecule has 0 aliphatic carbocycles. The minimum absolute atomic E-state index is 0.613. The van der Waals surface area contributed by atoms with Crippen molar-refractivity contribution in [1.82, 2.24) is 0 Å². The lowest BCUT2D eigenvalue weighted by atomic mass is 10.1. The highest BCUT2D eigenvalue weighted by Gasteiger charge is 2.03. The monoisotopic (exact) mass is 270 g/mol. The molecule has 0 atom stereocenters. The van der Waals surface area contributed by atoms with Crippen molar-refractivity contribution < 1.29 is 14.3 Å². The number of benzene rings is 2. The highest BCUT2D eigenvalue weighted by Crippen LogP contribution is 2.26. The predicted molar refractivity (Wildman–Crippen MR) is 78.7 cm³/mol. The van der Waals surface area contributed by atoms with Crippen molar-refractivity contribution in [2.75, 3.05) is 13.7 Å². The summed E-state index contributed by atoms with van der Waals surface area (Å²) in [6.45, 7) is 2.66. The summed E-state index contributed by atoms with van der Waals surface area (Å²) in [6, 6.07) is 13.3. The molecule has 0 aliphatic heterocycles. The molecule has 0 amide bonds. The van der Waals surface area contributed by atoms with E-state index in [-0.39, 0.29) is 0 Å². The van der Waals surface area contributed by atoms with Crippen molar-refractivity contribution in [1.29, 1.82) is 0 Å². The zero-order chi connectivity index (χ0) is 14.4. The molecule has 3 heteroatoms. The number of hydrogen-bond acceptors (Lipinski definition) is 3. The molecule has 2 aromatic rings. The number of ether oxygens (including phenoxy) is 2. The number of hydrogen-bond donors (Lipinski definition) is 0. The summed E-state index contributed by atoms with van der Waals surface area (Å²) in [6.07, 6.45) is 1.70. The molecule has 0 saturated carbocycles. The first-order chi connectivity index (χ1) is 9.72. The van der Waals surface area contributed by atoms with E-state index in [2.05, 4.69) is 0 Å². The summed E-state index contributed by atoms with van der Waals surface area (Å²) < 4.78 is 10.9. The number of rotatable bonds is 6. The van der Waals surface area contributed by atoms with Gasteiger partial charge in [0.05, 0.1) is 6.61 Å². The molecule has 0 heterocycles. The first-order valence-electron chi connectivity index (χ1n) is 6.54. The van der Waals surface area contributed by atoms with Gasteiger partial charge in [-0.05, 0) is 42.7 Å². The van der Waals surface area contributed by atoms with Gasteiger partial charge in [-0.1, -0.05) is 24.3 Å². The summed E-state index contributed by atoms with van der Waals surface area (Å²) in [7, 11) is 1.69. The van der Waals surface area contributed by atoms with Gasteiger partial charge in [0.25, 0.3) is 0 Å². The van der Waals surface area contributed by atoms with E-state index in [0.29, 0.717) is 17.9 Å². The molecular formula is C17H18O3. The van der Waals surface area contributed by atoms with Crippen LogP contribution in [0.4, 0.5) is 0 Å². The van der Waals surface area contributed by atoms with Gasteiger partial charge in [-0.2, -0.15) is 0 Å². The molecule has 3 nitrogen and oxygen atoms in total. The van der Waals surface area contributed by atoms with E-state index in [1.807, 2.05) is 37.3 Å². The second kappa shape index (κ2) is 6.87. The maximum absolute atomic E-state index is 10.8. The van der Waals surface area contributed by atoms with Crippen LogP contribution >= 0.6 is 0 Å². The van der Waals surface area contributed by atoms with Gasteiger partial charge in [-0.15, -0.1) is 0 Å². The summed E-state index contributed by atoms with van der Waals surface area (Å²) in [4.78, 5) is 10.8. The Kier molecular flexibility index (Phi) is 4.91. The fourth-order valence-electron chi connectivity index (χ4n) is 1.87. The van der Waals surface area contributed by atoms with Crippen molar-refractivity contribution in [3.63, 3.8) is 0 Å². The Morgan fingerprint density at radius 1 is 1.10 bits per heavy atom. The first kappa shape index (κ1) is 14.3. The minimum Gasteiger partial charge on any atom is -0.457 e. The van der Waals surface area contributed by atoms with Gasteiger partial charge in [-0.25, -0.2) is 0 Å². The van der Waals surface area contributed by atoms with Crippen LogP contribution in [-0.2, 0) is 11.2 Å². The minimum atomic E-state index is 0.613. The predicted octanol–water partition coefficient (Wildman–Crippen LogP) is 3.79. The van der Waals surface area contributed by atoms with Crippen LogP contribution in [0.2, 0.25) is 0 Å². The number of carbonyl (C=O) groups excluding carboxylic acids is 1. The van der Waals surface area contributed by atoms with E-state index in [4.69, 9.17) is 9.47 Å². The van der Waals surface area contributed by atoms with E-state index >= 15 is 0 Å². The molecule has 2 rings (SSSR count). The zero-order valence-corrected chi connectivity index (χ0v) is 11.8. The van der Waals surface area contributed by atoms with Gasteiger partial charge in [0.1, 0.15) is 17.8 Å². The third kappa shape index (κ3) is 3.68. The normalized spacial score (nSPS) is 10.3. The second-order valence-corrected chi connectivity index (χ2v) is 4.63. The van der Waals surface area contributed by atoms with Crippen molar-refractivity contribution in [3.8, 4) is 11.5 Å². The fraction of sp³-hybridized carbons (Fsp3) is 0.235. The fourth-order valence-corrected chi connectivity index (χ4v) is 1.87. The van der Waals surface area contributed by atoms with Crippen molar-refractivity contribution in [2.45, 2.75) is 13.3 Å². The highest BCUT2D eigenvalue weighted by atomic mass is 16.5. The van der Waals surface area contributed by atoms with E-state index in [1.54, 1.807) is 19.2 Å². The second-order valence-electron chi connectivity index (χ2n) is 4.63. The van der Waals surface area contributed by atoms with Crippen molar-refractivity contribution in [2.24, 2.45) is 0 Å². The molecule has 20 heavy (non-hydrogen) atoms. The molecule has 0 spiro atoms. The molecule has 0 radical (unpaired) electrons. The average molecular weight is 270 g/mol.